The van der Waals surface area contributed by atoms with E-state index in [0.717, 1.165) is 24.2 Å². The fourth-order valence-corrected chi connectivity index (χ4v) is 5.29. The molecule has 0 aromatic heterocycles. The van der Waals surface area contributed by atoms with Crippen molar-refractivity contribution in [2.24, 2.45) is 0 Å². The van der Waals surface area contributed by atoms with Crippen molar-refractivity contribution in [1.29, 1.82) is 0 Å². The monoisotopic (exact) mass is 329 g/mol. The number of aliphatic hydroxyl groups excluding tert-OH is 1. The molecule has 6 heteroatoms. The fraction of sp³-hybridized carbons (Fsp3) is 0.600. The minimum absolute atomic E-state index is 0.157. The summed E-state index contributed by atoms with van der Waals surface area (Å²) in [6.07, 6.45) is 2.47. The number of sulfonamides is 1. The molecule has 1 heterocycles. The van der Waals surface area contributed by atoms with Crippen molar-refractivity contribution >= 4 is 21.8 Å². The molecule has 4 nitrogen and oxygen atoms in total. The number of benzene rings is 1. The summed E-state index contributed by atoms with van der Waals surface area (Å²) in [6, 6.07) is 7.06. The summed E-state index contributed by atoms with van der Waals surface area (Å²) >= 11 is 1.86. The molecule has 0 radical (unpaired) electrons. The van der Waals surface area contributed by atoms with Gasteiger partial charge < -0.3 is 5.11 Å². The standard InChI is InChI=1S/C15H23NO3S2/c1-2-14-12-16(9-11-20-14)21(18,19)15-7-5-13(6-8-15)4-3-10-17/h5-8,14,17H,2-4,9-12H2,1H3. The predicted octanol–water partition coefficient (Wildman–Crippen LogP) is 2.13. The summed E-state index contributed by atoms with van der Waals surface area (Å²) < 4.78 is 26.9. The molecule has 1 aliphatic rings. The maximum atomic E-state index is 12.7. The van der Waals surface area contributed by atoms with E-state index in [0.29, 0.717) is 29.7 Å². The number of hydrogen-bond donors (Lipinski definition) is 1. The third-order valence-electron chi connectivity index (χ3n) is 3.74. The van der Waals surface area contributed by atoms with Crippen molar-refractivity contribution in [3.63, 3.8) is 0 Å². The van der Waals surface area contributed by atoms with Crippen LogP contribution >= 0.6 is 11.8 Å². The first-order chi connectivity index (χ1) is 10.1. The first-order valence-corrected chi connectivity index (χ1v) is 9.88. The lowest BCUT2D eigenvalue weighted by molar-refractivity contribution is 0.288. The summed E-state index contributed by atoms with van der Waals surface area (Å²) in [7, 11) is -3.37. The zero-order valence-electron chi connectivity index (χ0n) is 12.4. The number of nitrogens with zero attached hydrogens (tertiary/aromatic N) is 1. The molecule has 1 fully saturated rings. The van der Waals surface area contributed by atoms with E-state index in [4.69, 9.17) is 5.11 Å². The van der Waals surface area contributed by atoms with E-state index in [1.807, 2.05) is 23.9 Å². The summed E-state index contributed by atoms with van der Waals surface area (Å²) in [5.41, 5.74) is 1.06. The minimum Gasteiger partial charge on any atom is -0.396 e. The molecule has 118 valence electrons. The molecule has 0 spiro atoms. The highest BCUT2D eigenvalue weighted by molar-refractivity contribution is 8.00. The van der Waals surface area contributed by atoms with Crippen molar-refractivity contribution < 1.29 is 13.5 Å². The maximum Gasteiger partial charge on any atom is 0.243 e. The van der Waals surface area contributed by atoms with Crippen LogP contribution in [0.3, 0.4) is 0 Å². The minimum atomic E-state index is -3.37. The van der Waals surface area contributed by atoms with Gasteiger partial charge in [-0.1, -0.05) is 19.1 Å². The molecule has 0 bridgehead atoms. The van der Waals surface area contributed by atoms with Gasteiger partial charge in [0.1, 0.15) is 0 Å². The number of rotatable bonds is 6. The fourth-order valence-electron chi connectivity index (χ4n) is 2.42. The number of aryl methyl sites for hydroxylation is 1. The summed E-state index contributed by atoms with van der Waals surface area (Å²) in [4.78, 5) is 0.372. The van der Waals surface area contributed by atoms with Gasteiger partial charge in [-0.25, -0.2) is 8.42 Å². The van der Waals surface area contributed by atoms with E-state index < -0.39 is 10.0 Å². The van der Waals surface area contributed by atoms with Crippen LogP contribution in [0.5, 0.6) is 0 Å². The topological polar surface area (TPSA) is 57.6 Å². The Bertz CT molecular complexity index is 543. The normalized spacial score (nSPS) is 20.6. The van der Waals surface area contributed by atoms with Crippen LogP contribution in [0.2, 0.25) is 0 Å². The second-order valence-corrected chi connectivity index (χ2v) is 8.58. The van der Waals surface area contributed by atoms with Crippen LogP contribution in [0.25, 0.3) is 0 Å². The average Bonchev–Trinajstić information content (AvgIpc) is 2.53. The third kappa shape index (κ3) is 4.22. The molecular weight excluding hydrogens is 306 g/mol. The van der Waals surface area contributed by atoms with Gasteiger partial charge in [0.15, 0.2) is 0 Å². The summed E-state index contributed by atoms with van der Waals surface area (Å²) in [5, 5.41) is 9.23. The Kier molecular flexibility index (Phi) is 6.10. The Morgan fingerprint density at radius 2 is 2.05 bits per heavy atom. The number of hydrogen-bond acceptors (Lipinski definition) is 4. The molecule has 1 saturated heterocycles. The highest BCUT2D eigenvalue weighted by Gasteiger charge is 2.29. The lowest BCUT2D eigenvalue weighted by Gasteiger charge is -2.31. The van der Waals surface area contributed by atoms with E-state index >= 15 is 0 Å². The Labute approximate surface area is 131 Å². The van der Waals surface area contributed by atoms with Crippen LogP contribution < -0.4 is 0 Å². The van der Waals surface area contributed by atoms with Gasteiger partial charge in [0.25, 0.3) is 0 Å². The maximum absolute atomic E-state index is 12.7. The highest BCUT2D eigenvalue weighted by atomic mass is 32.2. The quantitative estimate of drug-likeness (QED) is 0.868. The predicted molar refractivity (Wildman–Crippen MR) is 87.1 cm³/mol. The molecule has 1 aromatic rings. The molecule has 1 atom stereocenters. The second kappa shape index (κ2) is 7.63. The molecule has 1 aromatic carbocycles. The van der Waals surface area contributed by atoms with Gasteiger partial charge in [-0.2, -0.15) is 16.1 Å². The Morgan fingerprint density at radius 3 is 2.67 bits per heavy atom. The second-order valence-electron chi connectivity index (χ2n) is 5.24. The van der Waals surface area contributed by atoms with Gasteiger partial charge in [0.05, 0.1) is 4.90 Å². The van der Waals surface area contributed by atoms with Gasteiger partial charge in [-0.3, -0.25) is 0 Å². The van der Waals surface area contributed by atoms with Crippen LogP contribution in [0.15, 0.2) is 29.2 Å². The van der Waals surface area contributed by atoms with E-state index in [9.17, 15) is 8.42 Å². The zero-order chi connectivity index (χ0) is 15.3. The lowest BCUT2D eigenvalue weighted by atomic mass is 10.1. The average molecular weight is 329 g/mol. The number of aliphatic hydroxyl groups is 1. The molecule has 2 rings (SSSR count). The van der Waals surface area contributed by atoms with Gasteiger partial charge in [-0.05, 0) is 37.0 Å². The molecule has 1 unspecified atom stereocenters. The van der Waals surface area contributed by atoms with Crippen LogP contribution in [-0.4, -0.2) is 48.5 Å². The van der Waals surface area contributed by atoms with Crippen molar-refractivity contribution in [2.75, 3.05) is 25.4 Å². The van der Waals surface area contributed by atoms with Crippen molar-refractivity contribution in [3.8, 4) is 0 Å². The smallest absolute Gasteiger partial charge is 0.243 e. The molecule has 1 N–H and O–H groups in total. The molecule has 0 aliphatic carbocycles. The van der Waals surface area contributed by atoms with Crippen LogP contribution in [-0.2, 0) is 16.4 Å². The molecular formula is C15H23NO3S2. The zero-order valence-corrected chi connectivity index (χ0v) is 14.0. The van der Waals surface area contributed by atoms with E-state index in [-0.39, 0.29) is 6.61 Å². The molecule has 0 amide bonds. The first-order valence-electron chi connectivity index (χ1n) is 7.39. The van der Waals surface area contributed by atoms with E-state index in [2.05, 4.69) is 6.92 Å². The van der Waals surface area contributed by atoms with Crippen LogP contribution in [0.1, 0.15) is 25.3 Å². The van der Waals surface area contributed by atoms with Crippen LogP contribution in [0, 0.1) is 0 Å². The van der Waals surface area contributed by atoms with Crippen molar-refractivity contribution in [1.82, 2.24) is 4.31 Å². The van der Waals surface area contributed by atoms with E-state index in [1.165, 1.54) is 0 Å². The van der Waals surface area contributed by atoms with Crippen molar-refractivity contribution in [2.45, 2.75) is 36.3 Å². The highest BCUT2D eigenvalue weighted by Crippen LogP contribution is 2.26. The van der Waals surface area contributed by atoms with E-state index in [1.54, 1.807) is 16.4 Å². The van der Waals surface area contributed by atoms with Gasteiger partial charge in [-0.15, -0.1) is 0 Å². The molecule has 1 aliphatic heterocycles. The van der Waals surface area contributed by atoms with Gasteiger partial charge in [0, 0.05) is 30.7 Å². The van der Waals surface area contributed by atoms with Crippen LogP contribution in [0.4, 0.5) is 0 Å². The molecule has 0 saturated carbocycles. The van der Waals surface area contributed by atoms with Gasteiger partial charge >= 0.3 is 0 Å². The Balaban J connectivity index is 2.11. The molecule has 21 heavy (non-hydrogen) atoms. The third-order valence-corrected chi connectivity index (χ3v) is 6.99. The summed E-state index contributed by atoms with van der Waals surface area (Å²) in [5.74, 6) is 0.867. The van der Waals surface area contributed by atoms with Crippen molar-refractivity contribution in [3.05, 3.63) is 29.8 Å². The van der Waals surface area contributed by atoms with Gasteiger partial charge in [0.2, 0.25) is 10.0 Å². The Hall–Kier alpha value is -0.560. The lowest BCUT2D eigenvalue weighted by Crippen LogP contribution is -2.41. The summed E-state index contributed by atoms with van der Waals surface area (Å²) in [6.45, 7) is 3.46. The number of thioether (sulfide) groups is 1. The Morgan fingerprint density at radius 1 is 1.33 bits per heavy atom. The largest absolute Gasteiger partial charge is 0.396 e. The SMILES string of the molecule is CCC1CN(S(=O)(=O)c2ccc(CCCO)cc2)CCS1. The first kappa shape index (κ1) is 16.8.